The Labute approximate surface area is 180 Å². The lowest BCUT2D eigenvalue weighted by Gasteiger charge is -2.24. The van der Waals surface area contributed by atoms with E-state index in [1.54, 1.807) is 24.3 Å². The molecule has 0 amide bonds. The molecule has 0 saturated carbocycles. The van der Waals surface area contributed by atoms with Crippen LogP contribution in [0.5, 0.6) is 0 Å². The van der Waals surface area contributed by atoms with Gasteiger partial charge >= 0.3 is 0 Å². The number of nitrogens with zero attached hydrogens (tertiary/aromatic N) is 2. The quantitative estimate of drug-likeness (QED) is 0.433. The minimum atomic E-state index is 0.113. The van der Waals surface area contributed by atoms with Crippen molar-refractivity contribution in [1.29, 1.82) is 0 Å². The number of carbonyl (C=O) groups excluding carboxylic acids is 1. The molecule has 0 unspecified atom stereocenters. The molecule has 0 saturated heterocycles. The summed E-state index contributed by atoms with van der Waals surface area (Å²) in [7, 11) is 0. The van der Waals surface area contributed by atoms with E-state index in [4.69, 9.17) is 28.2 Å². The van der Waals surface area contributed by atoms with Crippen LogP contribution in [-0.4, -0.2) is 24.6 Å². The third-order valence-electron chi connectivity index (χ3n) is 5.05. The Kier molecular flexibility index (Phi) is 5.98. The van der Waals surface area contributed by atoms with Crippen molar-refractivity contribution < 1.29 is 4.79 Å². The number of benzene rings is 3. The van der Waals surface area contributed by atoms with Crippen molar-refractivity contribution in [2.24, 2.45) is 4.99 Å². The monoisotopic (exact) mass is 422 g/mol. The second-order valence-corrected chi connectivity index (χ2v) is 7.84. The number of hydrogen-bond donors (Lipinski definition) is 0. The fraction of sp³-hybridized carbons (Fsp3) is 0.167. The average molecular weight is 423 g/mol. The minimum Gasteiger partial charge on any atom is -0.369 e. The predicted octanol–water partition coefficient (Wildman–Crippen LogP) is 6.60. The molecule has 3 aromatic carbocycles. The number of aliphatic imine (C=N–C) groups is 1. The van der Waals surface area contributed by atoms with Gasteiger partial charge in [0.25, 0.3) is 0 Å². The maximum absolute atomic E-state index is 12.6. The highest BCUT2D eigenvalue weighted by Crippen LogP contribution is 2.32. The van der Waals surface area contributed by atoms with Gasteiger partial charge in [-0.25, -0.2) is 0 Å². The summed E-state index contributed by atoms with van der Waals surface area (Å²) in [6, 6.07) is 22.9. The highest BCUT2D eigenvalue weighted by molar-refractivity contribution is 6.31. The van der Waals surface area contributed by atoms with Gasteiger partial charge in [-0.05, 0) is 54.1 Å². The Morgan fingerprint density at radius 3 is 2.28 bits per heavy atom. The van der Waals surface area contributed by atoms with Gasteiger partial charge in [0.05, 0.1) is 17.1 Å². The van der Waals surface area contributed by atoms with E-state index in [1.165, 1.54) is 0 Å². The van der Waals surface area contributed by atoms with Gasteiger partial charge < -0.3 is 4.90 Å². The van der Waals surface area contributed by atoms with Crippen molar-refractivity contribution in [2.75, 3.05) is 18.0 Å². The number of Topliss-reactive ketones (excluding diaryl/α,β-unsaturated/α-hetero) is 1. The highest BCUT2D eigenvalue weighted by Gasteiger charge is 2.19. The van der Waals surface area contributed by atoms with Gasteiger partial charge in [0.15, 0.2) is 5.78 Å². The van der Waals surface area contributed by atoms with Gasteiger partial charge in [-0.1, -0.05) is 47.5 Å². The fourth-order valence-corrected chi connectivity index (χ4v) is 3.74. The lowest BCUT2D eigenvalue weighted by Crippen LogP contribution is -2.27. The molecule has 3 aromatic rings. The molecule has 4 rings (SSSR count). The summed E-state index contributed by atoms with van der Waals surface area (Å²) in [5, 5.41) is 1.35. The van der Waals surface area contributed by atoms with Gasteiger partial charge in [0, 0.05) is 41.5 Å². The van der Waals surface area contributed by atoms with Crippen molar-refractivity contribution in [3.8, 4) is 0 Å². The normalized spacial score (nSPS) is 13.4. The smallest absolute Gasteiger partial charge is 0.164 e. The third-order valence-corrected chi connectivity index (χ3v) is 5.55. The third kappa shape index (κ3) is 4.69. The first-order valence-electron chi connectivity index (χ1n) is 9.56. The van der Waals surface area contributed by atoms with Crippen LogP contribution in [0.3, 0.4) is 0 Å². The van der Waals surface area contributed by atoms with Crippen molar-refractivity contribution in [3.63, 3.8) is 0 Å². The fourth-order valence-electron chi connectivity index (χ4n) is 3.49. The molecule has 0 N–H and O–H groups in total. The number of rotatable bonds is 5. The van der Waals surface area contributed by atoms with Crippen molar-refractivity contribution >= 4 is 46.1 Å². The summed E-state index contributed by atoms with van der Waals surface area (Å²) in [4.78, 5) is 19.8. The number of fused-ring (bicyclic) bond motifs is 1. The summed E-state index contributed by atoms with van der Waals surface area (Å²) in [6.45, 7) is 1.44. The largest absolute Gasteiger partial charge is 0.369 e. The molecule has 0 fully saturated rings. The zero-order chi connectivity index (χ0) is 20.2. The minimum absolute atomic E-state index is 0.113. The van der Waals surface area contributed by atoms with Crippen LogP contribution in [0.25, 0.3) is 0 Å². The topological polar surface area (TPSA) is 32.7 Å². The molecule has 1 aliphatic heterocycles. The van der Waals surface area contributed by atoms with Gasteiger partial charge in [-0.15, -0.1) is 0 Å². The first-order valence-corrected chi connectivity index (χ1v) is 10.3. The molecule has 0 aromatic heterocycles. The molecule has 29 heavy (non-hydrogen) atoms. The van der Waals surface area contributed by atoms with E-state index in [0.717, 1.165) is 35.6 Å². The van der Waals surface area contributed by atoms with Crippen LogP contribution in [0.4, 0.5) is 11.4 Å². The summed E-state index contributed by atoms with van der Waals surface area (Å²) in [6.07, 6.45) is 1.23. The molecular formula is C24H20Cl2N2O. The molecular weight excluding hydrogens is 403 g/mol. The Hall–Kier alpha value is -2.62. The Balaban J connectivity index is 1.52. The van der Waals surface area contributed by atoms with E-state index < -0.39 is 0 Å². The lowest BCUT2D eigenvalue weighted by molar-refractivity contribution is 0.0984. The first-order chi connectivity index (χ1) is 14.1. The maximum atomic E-state index is 12.6. The van der Waals surface area contributed by atoms with E-state index in [1.807, 2.05) is 42.5 Å². The Morgan fingerprint density at radius 1 is 0.897 bits per heavy atom. The molecule has 0 aliphatic carbocycles. The zero-order valence-electron chi connectivity index (χ0n) is 15.8. The molecule has 146 valence electrons. The van der Waals surface area contributed by atoms with Gasteiger partial charge in [-0.2, -0.15) is 0 Å². The lowest BCUT2D eigenvalue weighted by atomic mass is 10.1. The van der Waals surface area contributed by atoms with E-state index in [9.17, 15) is 4.79 Å². The summed E-state index contributed by atoms with van der Waals surface area (Å²) >= 11 is 12.0. The van der Waals surface area contributed by atoms with Crippen molar-refractivity contribution in [1.82, 2.24) is 0 Å². The van der Waals surface area contributed by atoms with Crippen LogP contribution in [0, 0.1) is 0 Å². The number of hydrogen-bond acceptors (Lipinski definition) is 3. The van der Waals surface area contributed by atoms with Crippen LogP contribution in [0.15, 0.2) is 77.8 Å². The molecule has 0 spiro atoms. The van der Waals surface area contributed by atoms with Crippen molar-refractivity contribution in [3.05, 3.63) is 94.0 Å². The molecule has 0 radical (unpaired) electrons. The van der Waals surface area contributed by atoms with Crippen LogP contribution >= 0.6 is 23.2 Å². The Bertz CT molecular complexity index is 1040. The second-order valence-electron chi connectivity index (χ2n) is 6.97. The van der Waals surface area contributed by atoms with E-state index >= 15 is 0 Å². The highest BCUT2D eigenvalue weighted by atomic mass is 35.5. The number of para-hydroxylation sites is 2. The second kappa shape index (κ2) is 8.81. The van der Waals surface area contributed by atoms with Crippen LogP contribution in [0.2, 0.25) is 10.0 Å². The van der Waals surface area contributed by atoms with Crippen LogP contribution < -0.4 is 4.90 Å². The average Bonchev–Trinajstić information content (AvgIpc) is 2.93. The molecule has 3 nitrogen and oxygen atoms in total. The maximum Gasteiger partial charge on any atom is 0.164 e. The number of carbonyl (C=O) groups is 1. The number of anilines is 1. The first kappa shape index (κ1) is 19.7. The number of halogens is 2. The van der Waals surface area contributed by atoms with Gasteiger partial charge in [0.1, 0.15) is 0 Å². The SMILES string of the molecule is O=C(CCN1CCC(c2ccc(Cl)cc2)=Nc2ccccc21)c1ccc(Cl)cc1. The van der Waals surface area contributed by atoms with E-state index in [2.05, 4.69) is 11.0 Å². The molecule has 0 atom stereocenters. The number of ketones is 1. The zero-order valence-corrected chi connectivity index (χ0v) is 17.3. The summed E-state index contributed by atoms with van der Waals surface area (Å²) < 4.78 is 0. The molecule has 5 heteroatoms. The standard InChI is InChI=1S/C24H20Cl2N2O/c25-19-9-5-17(6-10-19)21-13-15-28(23-4-2-1-3-22(23)27-21)16-14-24(29)18-7-11-20(26)12-8-18/h1-12H,13-16H2. The van der Waals surface area contributed by atoms with Gasteiger partial charge in [-0.3, -0.25) is 9.79 Å². The van der Waals surface area contributed by atoms with Gasteiger partial charge in [0.2, 0.25) is 0 Å². The molecule has 1 heterocycles. The van der Waals surface area contributed by atoms with Crippen LogP contribution in [0.1, 0.15) is 28.8 Å². The summed E-state index contributed by atoms with van der Waals surface area (Å²) in [5.41, 5.74) is 4.77. The molecule has 1 aliphatic rings. The summed E-state index contributed by atoms with van der Waals surface area (Å²) in [5.74, 6) is 0.113. The molecule has 0 bridgehead atoms. The van der Waals surface area contributed by atoms with E-state index in [-0.39, 0.29) is 5.78 Å². The Morgan fingerprint density at radius 2 is 1.55 bits per heavy atom. The van der Waals surface area contributed by atoms with E-state index in [0.29, 0.717) is 28.6 Å². The predicted molar refractivity (Wildman–Crippen MR) is 121 cm³/mol. The van der Waals surface area contributed by atoms with Crippen LogP contribution in [-0.2, 0) is 0 Å². The van der Waals surface area contributed by atoms with Crippen molar-refractivity contribution in [2.45, 2.75) is 12.8 Å².